The molecule has 104 valence electrons. The number of benzene rings is 1. The molecule has 0 spiro atoms. The molecule has 1 aromatic heterocycles. The fraction of sp³-hybridized carbons (Fsp3) is 0.467. The highest BCUT2D eigenvalue weighted by Crippen LogP contribution is 2.39. The summed E-state index contributed by atoms with van der Waals surface area (Å²) in [5.41, 5.74) is 8.50. The fourth-order valence-electron chi connectivity index (χ4n) is 3.05. The Bertz CT molecular complexity index is 688. The predicted molar refractivity (Wildman–Crippen MR) is 79.1 cm³/mol. The van der Waals surface area contributed by atoms with Crippen LogP contribution in [0, 0.1) is 11.3 Å². The zero-order valence-corrected chi connectivity index (χ0v) is 11.9. The van der Waals surface area contributed by atoms with Gasteiger partial charge < -0.3 is 15.2 Å². The van der Waals surface area contributed by atoms with Crippen LogP contribution in [0.25, 0.3) is 11.0 Å². The van der Waals surface area contributed by atoms with Gasteiger partial charge in [-0.3, -0.25) is 0 Å². The molecule has 1 aromatic carbocycles. The molecule has 5 nitrogen and oxygen atoms in total. The second kappa shape index (κ2) is 4.50. The summed E-state index contributed by atoms with van der Waals surface area (Å²) in [5, 5.41) is 9.17. The largest absolute Gasteiger partial charge is 0.369 e. The van der Waals surface area contributed by atoms with Gasteiger partial charge in [0.05, 0.1) is 11.1 Å². The molecule has 0 unspecified atom stereocenters. The zero-order chi connectivity index (χ0) is 14.3. The summed E-state index contributed by atoms with van der Waals surface area (Å²) in [7, 11) is 4.24. The Hall–Kier alpha value is -2.06. The van der Waals surface area contributed by atoms with Crippen molar-refractivity contribution < 1.29 is 0 Å². The lowest BCUT2D eigenvalue weighted by Gasteiger charge is -2.47. The van der Waals surface area contributed by atoms with E-state index in [1.54, 1.807) is 6.07 Å². The molecule has 0 atom stereocenters. The molecule has 5 heteroatoms. The lowest BCUT2D eigenvalue weighted by atomic mass is 9.75. The lowest BCUT2D eigenvalue weighted by Crippen LogP contribution is -2.53. The third-order valence-electron chi connectivity index (χ3n) is 4.61. The Labute approximate surface area is 118 Å². The van der Waals surface area contributed by atoms with Crippen LogP contribution in [0.1, 0.15) is 24.8 Å². The molecule has 1 aliphatic rings. The molecule has 20 heavy (non-hydrogen) atoms. The van der Waals surface area contributed by atoms with Gasteiger partial charge in [0.2, 0.25) is 5.95 Å². The van der Waals surface area contributed by atoms with Crippen LogP contribution in [-0.4, -0.2) is 34.1 Å². The van der Waals surface area contributed by atoms with E-state index in [9.17, 15) is 0 Å². The highest BCUT2D eigenvalue weighted by Gasteiger charge is 2.40. The first-order chi connectivity index (χ1) is 9.57. The van der Waals surface area contributed by atoms with E-state index in [-0.39, 0.29) is 5.54 Å². The maximum atomic E-state index is 9.17. The molecule has 1 fully saturated rings. The number of anilines is 1. The van der Waals surface area contributed by atoms with Gasteiger partial charge in [-0.1, -0.05) is 6.07 Å². The number of fused-ring (bicyclic) bond motifs is 1. The number of imidazole rings is 1. The summed E-state index contributed by atoms with van der Waals surface area (Å²) >= 11 is 0. The molecule has 2 N–H and O–H groups in total. The highest BCUT2D eigenvalue weighted by molar-refractivity contribution is 5.84. The van der Waals surface area contributed by atoms with Gasteiger partial charge in [-0.25, -0.2) is 4.98 Å². The van der Waals surface area contributed by atoms with Crippen molar-refractivity contribution in [2.45, 2.75) is 31.3 Å². The number of nitrogen functional groups attached to an aromatic ring is 1. The predicted octanol–water partition coefficient (Wildman–Crippen LogP) is 1.97. The normalized spacial score (nSPS) is 17.1. The van der Waals surface area contributed by atoms with Crippen molar-refractivity contribution in [1.82, 2.24) is 14.5 Å². The van der Waals surface area contributed by atoms with E-state index in [4.69, 9.17) is 11.0 Å². The number of aromatic nitrogens is 2. The van der Waals surface area contributed by atoms with E-state index in [2.05, 4.69) is 34.6 Å². The van der Waals surface area contributed by atoms with Crippen molar-refractivity contribution >= 4 is 17.0 Å². The van der Waals surface area contributed by atoms with Crippen molar-refractivity contribution in [2.75, 3.05) is 19.8 Å². The van der Waals surface area contributed by atoms with Gasteiger partial charge in [-0.15, -0.1) is 0 Å². The zero-order valence-electron chi connectivity index (χ0n) is 11.9. The number of likely N-dealkylation sites (N-methyl/N-ethyl adjacent to an activating group) is 1. The van der Waals surface area contributed by atoms with Crippen LogP contribution in [0.2, 0.25) is 0 Å². The van der Waals surface area contributed by atoms with Crippen molar-refractivity contribution in [2.24, 2.45) is 0 Å². The van der Waals surface area contributed by atoms with Crippen LogP contribution in [0.15, 0.2) is 18.2 Å². The quantitative estimate of drug-likeness (QED) is 0.924. The number of nitrogens with zero attached hydrogens (tertiary/aromatic N) is 4. The number of rotatable bonds is 3. The van der Waals surface area contributed by atoms with Crippen LogP contribution in [0.3, 0.4) is 0 Å². The molecule has 0 aliphatic heterocycles. The SMILES string of the molecule is CN(C)C1(Cn2c(N)nc3c(C#N)cccc32)CCC1. The van der Waals surface area contributed by atoms with E-state index in [1.807, 2.05) is 12.1 Å². The third-order valence-corrected chi connectivity index (χ3v) is 4.61. The Morgan fingerprint density at radius 1 is 1.45 bits per heavy atom. The van der Waals surface area contributed by atoms with Gasteiger partial charge in [0.25, 0.3) is 0 Å². The molecular formula is C15H19N5. The standard InChI is InChI=1S/C15H19N5/c1-19(2)15(7-4-8-15)10-20-12-6-3-5-11(9-16)13(12)18-14(20)17/h3,5-6H,4,7-8,10H2,1-2H3,(H2,17,18). The molecule has 1 saturated carbocycles. The molecule has 0 saturated heterocycles. The molecule has 1 aliphatic carbocycles. The first-order valence-corrected chi connectivity index (χ1v) is 6.90. The summed E-state index contributed by atoms with van der Waals surface area (Å²) in [6.45, 7) is 0.831. The topological polar surface area (TPSA) is 70.9 Å². The molecular weight excluding hydrogens is 250 g/mol. The monoisotopic (exact) mass is 269 g/mol. The highest BCUT2D eigenvalue weighted by atomic mass is 15.2. The van der Waals surface area contributed by atoms with Crippen LogP contribution in [0.5, 0.6) is 0 Å². The van der Waals surface area contributed by atoms with E-state index in [0.29, 0.717) is 17.0 Å². The maximum Gasteiger partial charge on any atom is 0.201 e. The number of hydrogen-bond acceptors (Lipinski definition) is 4. The van der Waals surface area contributed by atoms with Gasteiger partial charge in [-0.2, -0.15) is 5.26 Å². The molecule has 1 heterocycles. The van der Waals surface area contributed by atoms with E-state index in [1.165, 1.54) is 19.3 Å². The van der Waals surface area contributed by atoms with Crippen molar-refractivity contribution in [3.63, 3.8) is 0 Å². The summed E-state index contributed by atoms with van der Waals surface area (Å²) in [6.07, 6.45) is 3.61. The number of nitriles is 1. The van der Waals surface area contributed by atoms with Gasteiger partial charge in [0.1, 0.15) is 11.6 Å². The third kappa shape index (κ3) is 1.76. The van der Waals surface area contributed by atoms with Crippen LogP contribution in [-0.2, 0) is 6.54 Å². The summed E-state index contributed by atoms with van der Waals surface area (Å²) in [5.74, 6) is 0.496. The number of hydrogen-bond donors (Lipinski definition) is 1. The maximum absolute atomic E-state index is 9.17. The van der Waals surface area contributed by atoms with Crippen LogP contribution >= 0.6 is 0 Å². The first-order valence-electron chi connectivity index (χ1n) is 6.90. The van der Waals surface area contributed by atoms with Crippen molar-refractivity contribution in [1.29, 1.82) is 5.26 Å². The van der Waals surface area contributed by atoms with Crippen LogP contribution in [0.4, 0.5) is 5.95 Å². The van der Waals surface area contributed by atoms with Crippen molar-refractivity contribution in [3.05, 3.63) is 23.8 Å². The Kier molecular flexibility index (Phi) is 2.91. The Morgan fingerprint density at radius 3 is 2.75 bits per heavy atom. The van der Waals surface area contributed by atoms with Gasteiger partial charge in [0.15, 0.2) is 0 Å². The smallest absolute Gasteiger partial charge is 0.201 e. The first kappa shape index (κ1) is 12.9. The molecule has 0 amide bonds. The van der Waals surface area contributed by atoms with E-state index >= 15 is 0 Å². The van der Waals surface area contributed by atoms with Gasteiger partial charge in [-0.05, 0) is 45.5 Å². The summed E-state index contributed by atoms with van der Waals surface area (Å²) in [4.78, 5) is 6.67. The molecule has 3 rings (SSSR count). The molecule has 0 radical (unpaired) electrons. The molecule has 0 bridgehead atoms. The minimum Gasteiger partial charge on any atom is -0.369 e. The fourth-order valence-corrected chi connectivity index (χ4v) is 3.05. The van der Waals surface area contributed by atoms with Gasteiger partial charge in [0, 0.05) is 12.1 Å². The lowest BCUT2D eigenvalue weighted by molar-refractivity contribution is 0.0440. The van der Waals surface area contributed by atoms with Gasteiger partial charge >= 0.3 is 0 Å². The summed E-state index contributed by atoms with van der Waals surface area (Å²) in [6, 6.07) is 7.84. The number of nitrogens with two attached hydrogens (primary N) is 1. The molecule has 2 aromatic rings. The van der Waals surface area contributed by atoms with E-state index in [0.717, 1.165) is 12.1 Å². The Morgan fingerprint density at radius 2 is 2.20 bits per heavy atom. The minimum atomic E-state index is 0.171. The van der Waals surface area contributed by atoms with Crippen LogP contribution < -0.4 is 5.73 Å². The minimum absolute atomic E-state index is 0.171. The van der Waals surface area contributed by atoms with E-state index < -0.39 is 0 Å². The second-order valence-electron chi connectivity index (χ2n) is 5.81. The Balaban J connectivity index is 2.09. The second-order valence-corrected chi connectivity index (χ2v) is 5.81. The average molecular weight is 269 g/mol. The summed E-state index contributed by atoms with van der Waals surface area (Å²) < 4.78 is 2.05. The average Bonchev–Trinajstić information content (AvgIpc) is 2.69. The number of para-hydroxylation sites is 1. The van der Waals surface area contributed by atoms with Crippen molar-refractivity contribution in [3.8, 4) is 6.07 Å².